The lowest BCUT2D eigenvalue weighted by Crippen LogP contribution is -2.38. The monoisotopic (exact) mass is 632 g/mol. The first-order valence-electron chi connectivity index (χ1n) is 14.3. The molecule has 0 radical (unpaired) electrons. The molecule has 0 unspecified atom stereocenters. The number of nitro groups is 2. The molecular weight excluding hydrogens is 608 g/mol. The zero-order chi connectivity index (χ0) is 31.9. The third kappa shape index (κ3) is 5.14. The highest BCUT2D eigenvalue weighted by Gasteiger charge is 2.32. The zero-order valence-corrected chi connectivity index (χ0v) is 25.1. The molecule has 0 spiro atoms. The summed E-state index contributed by atoms with van der Waals surface area (Å²) in [6.07, 6.45) is 3.34. The summed E-state index contributed by atoms with van der Waals surface area (Å²) in [5.74, 6) is 0.816. The quantitative estimate of drug-likeness (QED) is 0.160. The summed E-state index contributed by atoms with van der Waals surface area (Å²) in [6.45, 7) is 0. The van der Waals surface area contributed by atoms with Crippen LogP contribution in [-0.4, -0.2) is 21.5 Å². The Bertz CT molecular complexity index is 2290. The van der Waals surface area contributed by atoms with Gasteiger partial charge in [0.25, 0.3) is 11.2 Å². The van der Waals surface area contributed by atoms with Crippen LogP contribution >= 0.6 is 11.3 Å². The molecule has 4 aromatic carbocycles. The van der Waals surface area contributed by atoms with Crippen LogP contribution in [0.25, 0.3) is 11.8 Å². The van der Waals surface area contributed by atoms with Crippen molar-refractivity contribution in [2.24, 2.45) is 4.99 Å². The summed E-state index contributed by atoms with van der Waals surface area (Å²) in [5, 5.41) is 22.7. The smallest absolute Gasteiger partial charge is 0.318 e. The Morgan fingerprint density at radius 2 is 1.72 bits per heavy atom. The number of non-ortho nitro benzene ring substituents is 1. The SMILES string of the molecule is COc1cccc([C@@H]2C3=C(N=c4s/c(=C\c5cccc(Oc6ccc([N+](=O)[O-])cc6[N+](=O)[O-])c5)c(=O)n42)c2ccccc2CC3)c1. The van der Waals surface area contributed by atoms with E-state index >= 15 is 0 Å². The van der Waals surface area contributed by atoms with E-state index in [0.717, 1.165) is 47.4 Å². The van der Waals surface area contributed by atoms with E-state index in [9.17, 15) is 25.0 Å². The molecule has 1 aromatic heterocycles. The van der Waals surface area contributed by atoms with Gasteiger partial charge in [-0.2, -0.15) is 0 Å². The molecule has 1 aliphatic heterocycles. The average Bonchev–Trinajstić information content (AvgIpc) is 3.37. The Morgan fingerprint density at radius 1 is 0.913 bits per heavy atom. The summed E-state index contributed by atoms with van der Waals surface area (Å²) < 4.78 is 13.5. The minimum Gasteiger partial charge on any atom is -0.497 e. The van der Waals surface area contributed by atoms with Gasteiger partial charge < -0.3 is 9.47 Å². The molecule has 1 atom stereocenters. The summed E-state index contributed by atoms with van der Waals surface area (Å²) in [7, 11) is 1.61. The molecule has 2 aliphatic rings. The van der Waals surface area contributed by atoms with Gasteiger partial charge in [0.1, 0.15) is 11.5 Å². The topological polar surface area (TPSA) is 139 Å². The highest BCUT2D eigenvalue weighted by molar-refractivity contribution is 7.07. The van der Waals surface area contributed by atoms with Crippen molar-refractivity contribution in [2.75, 3.05) is 7.11 Å². The number of fused-ring (bicyclic) bond motifs is 3. The van der Waals surface area contributed by atoms with Crippen molar-refractivity contribution in [1.82, 2.24) is 4.57 Å². The molecule has 0 saturated carbocycles. The van der Waals surface area contributed by atoms with Gasteiger partial charge >= 0.3 is 5.69 Å². The molecule has 1 aliphatic carbocycles. The summed E-state index contributed by atoms with van der Waals surface area (Å²) in [6, 6.07) is 25.5. The molecule has 0 saturated heterocycles. The van der Waals surface area contributed by atoms with Crippen molar-refractivity contribution in [3.63, 3.8) is 0 Å². The molecule has 0 bridgehead atoms. The average molecular weight is 633 g/mol. The minimum absolute atomic E-state index is 0.142. The fourth-order valence-corrected chi connectivity index (χ4v) is 6.93. The molecule has 228 valence electrons. The normalized spacial score (nSPS) is 15.3. The van der Waals surface area contributed by atoms with Crippen LogP contribution in [0.4, 0.5) is 11.4 Å². The maximum absolute atomic E-state index is 14.1. The number of ether oxygens (including phenoxy) is 2. The second-order valence-corrected chi connectivity index (χ2v) is 11.7. The second-order valence-electron chi connectivity index (χ2n) is 10.7. The van der Waals surface area contributed by atoms with Gasteiger partial charge in [0.05, 0.1) is 39.3 Å². The predicted molar refractivity (Wildman–Crippen MR) is 172 cm³/mol. The number of hydrogen-bond donors (Lipinski definition) is 0. The van der Waals surface area contributed by atoms with Gasteiger partial charge in [-0.25, -0.2) is 4.99 Å². The van der Waals surface area contributed by atoms with E-state index in [1.165, 1.54) is 23.0 Å². The number of hydrogen-bond acceptors (Lipinski definition) is 9. The van der Waals surface area contributed by atoms with E-state index in [0.29, 0.717) is 20.6 Å². The summed E-state index contributed by atoms with van der Waals surface area (Å²) >= 11 is 1.28. The molecule has 46 heavy (non-hydrogen) atoms. The van der Waals surface area contributed by atoms with E-state index in [-0.39, 0.29) is 23.1 Å². The lowest BCUT2D eigenvalue weighted by molar-refractivity contribution is -0.394. The van der Waals surface area contributed by atoms with Crippen LogP contribution in [0.1, 0.15) is 34.7 Å². The second kappa shape index (κ2) is 11.6. The fraction of sp³-hybridized carbons (Fsp3) is 0.118. The Labute approximate surface area is 264 Å². The highest BCUT2D eigenvalue weighted by atomic mass is 32.1. The van der Waals surface area contributed by atoms with Gasteiger partial charge in [-0.05, 0) is 71.5 Å². The summed E-state index contributed by atoms with van der Waals surface area (Å²) in [5.41, 5.74) is 4.66. The van der Waals surface area contributed by atoms with Crippen LogP contribution < -0.4 is 24.4 Å². The standard InChI is InChI=1S/C34H24N4O7S/c1-44-24-9-5-8-22(18-24)32-27-14-12-21-7-2-3-11-26(21)31(27)35-34-36(32)33(39)30(46-34)17-20-6-4-10-25(16-20)45-29-15-13-23(37(40)41)19-28(29)38(42)43/h2-11,13,15-19,32H,12,14H2,1H3/b30-17-/t32-/m1/s1. The maximum atomic E-state index is 14.1. The minimum atomic E-state index is -0.732. The van der Waals surface area contributed by atoms with E-state index in [1.807, 2.05) is 36.4 Å². The molecular formula is C34H24N4O7S. The van der Waals surface area contributed by atoms with Crippen molar-refractivity contribution in [3.05, 3.63) is 159 Å². The number of rotatable bonds is 7. The highest BCUT2D eigenvalue weighted by Crippen LogP contribution is 2.42. The predicted octanol–water partition coefficient (Wildman–Crippen LogP) is 5.94. The molecule has 12 heteroatoms. The Balaban J connectivity index is 1.33. The fourth-order valence-electron chi connectivity index (χ4n) is 5.93. The van der Waals surface area contributed by atoms with Crippen LogP contribution in [0.5, 0.6) is 17.2 Å². The van der Waals surface area contributed by atoms with Gasteiger partial charge in [0.2, 0.25) is 5.75 Å². The van der Waals surface area contributed by atoms with E-state index in [4.69, 9.17) is 14.5 Å². The van der Waals surface area contributed by atoms with Crippen molar-refractivity contribution < 1.29 is 19.3 Å². The number of benzene rings is 4. The molecule has 2 heterocycles. The third-order valence-corrected chi connectivity index (χ3v) is 9.00. The third-order valence-electron chi connectivity index (χ3n) is 8.02. The van der Waals surface area contributed by atoms with E-state index in [2.05, 4.69) is 12.1 Å². The number of thiazole rings is 1. The van der Waals surface area contributed by atoms with Crippen LogP contribution in [-0.2, 0) is 6.42 Å². The first kappa shape index (κ1) is 28.9. The lowest BCUT2D eigenvalue weighted by atomic mass is 9.83. The number of allylic oxidation sites excluding steroid dienone is 1. The zero-order valence-electron chi connectivity index (χ0n) is 24.3. The molecule has 5 aromatic rings. The van der Waals surface area contributed by atoms with E-state index in [1.54, 1.807) is 42.0 Å². The van der Waals surface area contributed by atoms with Crippen molar-refractivity contribution >= 4 is 34.5 Å². The van der Waals surface area contributed by atoms with Crippen molar-refractivity contribution in [3.8, 4) is 17.2 Å². The van der Waals surface area contributed by atoms with Gasteiger partial charge in [-0.3, -0.25) is 29.6 Å². The number of nitro benzene ring substituents is 2. The number of methoxy groups -OCH3 is 1. The van der Waals surface area contributed by atoms with Crippen LogP contribution in [0.3, 0.4) is 0 Å². The first-order chi connectivity index (χ1) is 22.3. The Morgan fingerprint density at radius 3 is 2.52 bits per heavy atom. The Kier molecular flexibility index (Phi) is 7.26. The summed E-state index contributed by atoms with van der Waals surface area (Å²) in [4.78, 5) is 41.0. The first-order valence-corrected chi connectivity index (χ1v) is 15.1. The van der Waals surface area contributed by atoms with Crippen LogP contribution in [0, 0.1) is 20.2 Å². The largest absolute Gasteiger partial charge is 0.497 e. The van der Waals surface area contributed by atoms with Crippen LogP contribution in [0.15, 0.2) is 106 Å². The van der Waals surface area contributed by atoms with Gasteiger partial charge in [-0.1, -0.05) is 59.9 Å². The number of aryl methyl sites for hydroxylation is 1. The molecule has 7 rings (SSSR count). The molecule has 0 fully saturated rings. The van der Waals surface area contributed by atoms with Gasteiger partial charge in [-0.15, -0.1) is 0 Å². The lowest BCUT2D eigenvalue weighted by Gasteiger charge is -2.31. The maximum Gasteiger partial charge on any atom is 0.318 e. The molecule has 11 nitrogen and oxygen atoms in total. The number of aromatic nitrogens is 1. The Hall–Kier alpha value is -5.88. The van der Waals surface area contributed by atoms with Gasteiger partial charge in [0.15, 0.2) is 4.80 Å². The van der Waals surface area contributed by atoms with Crippen LogP contribution in [0.2, 0.25) is 0 Å². The van der Waals surface area contributed by atoms with Crippen molar-refractivity contribution in [2.45, 2.75) is 18.9 Å². The van der Waals surface area contributed by atoms with E-state index < -0.39 is 21.2 Å². The van der Waals surface area contributed by atoms with Gasteiger partial charge in [0, 0.05) is 11.6 Å². The molecule has 0 amide bonds. The molecule has 0 N–H and O–H groups in total. The number of nitrogens with zero attached hydrogens (tertiary/aromatic N) is 4. The van der Waals surface area contributed by atoms with Crippen molar-refractivity contribution in [1.29, 1.82) is 0 Å².